The molecule has 2 N–H and O–H groups in total. The standard InChI is InChI=1S/C11H13Cl2NO/c12-8-2-3-9(10(13)6-8)11(15)4-1-5-14-7-11/h2-3,6,14-15H,1,4-5,7H2. The molecule has 0 aromatic heterocycles. The Labute approximate surface area is 99.2 Å². The van der Waals surface area contributed by atoms with E-state index in [2.05, 4.69) is 5.32 Å². The van der Waals surface area contributed by atoms with Gasteiger partial charge in [0.2, 0.25) is 0 Å². The first-order valence-electron chi connectivity index (χ1n) is 5.00. The lowest BCUT2D eigenvalue weighted by Crippen LogP contribution is -2.43. The van der Waals surface area contributed by atoms with Crippen LogP contribution < -0.4 is 5.32 Å². The van der Waals surface area contributed by atoms with Crippen molar-refractivity contribution in [3.05, 3.63) is 33.8 Å². The zero-order valence-corrected chi connectivity index (χ0v) is 9.78. The van der Waals surface area contributed by atoms with E-state index < -0.39 is 5.60 Å². The second-order valence-corrected chi connectivity index (χ2v) is 4.78. The average molecular weight is 246 g/mol. The van der Waals surface area contributed by atoms with E-state index in [4.69, 9.17) is 23.2 Å². The van der Waals surface area contributed by atoms with E-state index in [1.807, 2.05) is 0 Å². The van der Waals surface area contributed by atoms with Gasteiger partial charge in [0, 0.05) is 22.2 Å². The minimum atomic E-state index is -0.847. The van der Waals surface area contributed by atoms with Crippen LogP contribution in [-0.2, 0) is 5.60 Å². The molecule has 4 heteroatoms. The zero-order chi connectivity index (χ0) is 10.9. The summed E-state index contributed by atoms with van der Waals surface area (Å²) in [5.74, 6) is 0. The summed E-state index contributed by atoms with van der Waals surface area (Å²) in [6, 6.07) is 5.23. The van der Waals surface area contributed by atoms with Gasteiger partial charge in [0.25, 0.3) is 0 Å². The molecule has 0 radical (unpaired) electrons. The van der Waals surface area contributed by atoms with E-state index in [1.54, 1.807) is 18.2 Å². The van der Waals surface area contributed by atoms with Crippen LogP contribution in [0, 0.1) is 0 Å². The quantitative estimate of drug-likeness (QED) is 0.798. The maximum atomic E-state index is 10.4. The van der Waals surface area contributed by atoms with Crippen LogP contribution >= 0.6 is 23.2 Å². The van der Waals surface area contributed by atoms with Crippen LogP contribution in [-0.4, -0.2) is 18.2 Å². The molecule has 1 aromatic carbocycles. The smallest absolute Gasteiger partial charge is 0.103 e. The van der Waals surface area contributed by atoms with Crippen LogP contribution in [0.1, 0.15) is 18.4 Å². The summed E-state index contributed by atoms with van der Waals surface area (Å²) in [7, 11) is 0. The fourth-order valence-electron chi connectivity index (χ4n) is 1.99. The molecule has 1 saturated heterocycles. The summed E-state index contributed by atoms with van der Waals surface area (Å²) >= 11 is 11.9. The lowest BCUT2D eigenvalue weighted by atomic mass is 9.87. The summed E-state index contributed by atoms with van der Waals surface area (Å²) in [5, 5.41) is 14.7. The van der Waals surface area contributed by atoms with Crippen molar-refractivity contribution >= 4 is 23.2 Å². The number of rotatable bonds is 1. The number of hydrogen-bond donors (Lipinski definition) is 2. The second-order valence-electron chi connectivity index (χ2n) is 3.94. The molecule has 15 heavy (non-hydrogen) atoms. The molecule has 0 spiro atoms. The first-order valence-corrected chi connectivity index (χ1v) is 5.76. The van der Waals surface area contributed by atoms with Gasteiger partial charge in [-0.05, 0) is 31.5 Å². The minimum Gasteiger partial charge on any atom is -0.384 e. The summed E-state index contributed by atoms with van der Waals surface area (Å²) < 4.78 is 0. The largest absolute Gasteiger partial charge is 0.384 e. The molecular weight excluding hydrogens is 233 g/mol. The highest BCUT2D eigenvalue weighted by atomic mass is 35.5. The third kappa shape index (κ3) is 2.28. The van der Waals surface area contributed by atoms with Gasteiger partial charge in [0.1, 0.15) is 5.60 Å². The van der Waals surface area contributed by atoms with Crippen LogP contribution in [0.5, 0.6) is 0 Å². The molecule has 1 atom stereocenters. The van der Waals surface area contributed by atoms with Crippen LogP contribution in [0.15, 0.2) is 18.2 Å². The highest BCUT2D eigenvalue weighted by Gasteiger charge is 2.32. The number of β-amino-alcohol motifs (C(OH)–C–C–N with tert-alkyl or cyclic N) is 1. The number of aliphatic hydroxyl groups is 1. The fourth-order valence-corrected chi connectivity index (χ4v) is 2.57. The van der Waals surface area contributed by atoms with E-state index >= 15 is 0 Å². The van der Waals surface area contributed by atoms with Crippen LogP contribution in [0.3, 0.4) is 0 Å². The van der Waals surface area contributed by atoms with Crippen molar-refractivity contribution in [2.45, 2.75) is 18.4 Å². The Hall–Kier alpha value is -0.280. The molecule has 1 aliphatic rings. The molecule has 0 saturated carbocycles. The van der Waals surface area contributed by atoms with Gasteiger partial charge in [-0.2, -0.15) is 0 Å². The number of halogens is 2. The SMILES string of the molecule is OC1(c2ccc(Cl)cc2Cl)CCCNC1. The molecule has 1 aromatic rings. The second kappa shape index (κ2) is 4.30. The molecule has 82 valence electrons. The predicted molar refractivity (Wildman–Crippen MR) is 62.5 cm³/mol. The van der Waals surface area contributed by atoms with Gasteiger partial charge in [-0.1, -0.05) is 29.3 Å². The molecular formula is C11H13Cl2NO. The van der Waals surface area contributed by atoms with Crippen molar-refractivity contribution in [2.75, 3.05) is 13.1 Å². The van der Waals surface area contributed by atoms with Gasteiger partial charge in [-0.3, -0.25) is 0 Å². The molecule has 0 bridgehead atoms. The van der Waals surface area contributed by atoms with E-state index in [-0.39, 0.29) is 0 Å². The highest BCUT2D eigenvalue weighted by Crippen LogP contribution is 2.34. The lowest BCUT2D eigenvalue weighted by molar-refractivity contribution is 0.0124. The summed E-state index contributed by atoms with van der Waals surface area (Å²) in [6.07, 6.45) is 1.69. The highest BCUT2D eigenvalue weighted by molar-refractivity contribution is 6.35. The lowest BCUT2D eigenvalue weighted by Gasteiger charge is -2.33. The van der Waals surface area contributed by atoms with E-state index in [0.29, 0.717) is 16.6 Å². The fraction of sp³-hybridized carbons (Fsp3) is 0.455. The number of hydrogen-bond acceptors (Lipinski definition) is 2. The van der Waals surface area contributed by atoms with Gasteiger partial charge in [0.05, 0.1) is 0 Å². The molecule has 1 fully saturated rings. The molecule has 0 amide bonds. The van der Waals surface area contributed by atoms with E-state index in [9.17, 15) is 5.11 Å². The normalized spacial score (nSPS) is 26.6. The molecule has 0 aliphatic carbocycles. The number of piperidine rings is 1. The Morgan fingerprint density at radius 2 is 2.13 bits per heavy atom. The van der Waals surface area contributed by atoms with Gasteiger partial charge in [-0.25, -0.2) is 0 Å². The zero-order valence-electron chi connectivity index (χ0n) is 8.26. The molecule has 1 unspecified atom stereocenters. The van der Waals surface area contributed by atoms with E-state index in [1.165, 1.54) is 0 Å². The molecule has 2 rings (SSSR count). The third-order valence-electron chi connectivity index (χ3n) is 2.79. The molecule has 1 heterocycles. The molecule has 1 aliphatic heterocycles. The van der Waals surface area contributed by atoms with Crippen molar-refractivity contribution in [1.82, 2.24) is 5.32 Å². The van der Waals surface area contributed by atoms with Crippen LogP contribution in [0.2, 0.25) is 10.0 Å². The van der Waals surface area contributed by atoms with Crippen molar-refractivity contribution in [3.63, 3.8) is 0 Å². The first kappa shape index (κ1) is 11.2. The van der Waals surface area contributed by atoms with Gasteiger partial charge >= 0.3 is 0 Å². The van der Waals surface area contributed by atoms with Crippen LogP contribution in [0.4, 0.5) is 0 Å². The number of benzene rings is 1. The topological polar surface area (TPSA) is 32.3 Å². The van der Waals surface area contributed by atoms with Gasteiger partial charge in [-0.15, -0.1) is 0 Å². The minimum absolute atomic E-state index is 0.536. The Morgan fingerprint density at radius 3 is 2.73 bits per heavy atom. The third-order valence-corrected chi connectivity index (χ3v) is 3.34. The van der Waals surface area contributed by atoms with Crippen molar-refractivity contribution in [3.8, 4) is 0 Å². The Balaban J connectivity index is 2.35. The van der Waals surface area contributed by atoms with Crippen molar-refractivity contribution < 1.29 is 5.11 Å². The summed E-state index contributed by atoms with van der Waals surface area (Å²) in [4.78, 5) is 0. The Kier molecular flexibility index (Phi) is 3.21. The molecule has 2 nitrogen and oxygen atoms in total. The predicted octanol–water partition coefficient (Wildman–Crippen LogP) is 2.56. The van der Waals surface area contributed by atoms with Gasteiger partial charge in [0.15, 0.2) is 0 Å². The van der Waals surface area contributed by atoms with Crippen LogP contribution in [0.25, 0.3) is 0 Å². The maximum Gasteiger partial charge on any atom is 0.103 e. The monoisotopic (exact) mass is 245 g/mol. The first-order chi connectivity index (χ1) is 7.12. The number of nitrogens with one attached hydrogen (secondary N) is 1. The van der Waals surface area contributed by atoms with Crippen molar-refractivity contribution in [2.24, 2.45) is 0 Å². The average Bonchev–Trinajstić information content (AvgIpc) is 2.18. The van der Waals surface area contributed by atoms with Crippen molar-refractivity contribution in [1.29, 1.82) is 0 Å². The Morgan fingerprint density at radius 1 is 1.33 bits per heavy atom. The Bertz CT molecular complexity index is 362. The van der Waals surface area contributed by atoms with Gasteiger partial charge < -0.3 is 10.4 Å². The van der Waals surface area contributed by atoms with E-state index in [0.717, 1.165) is 24.9 Å². The summed E-state index contributed by atoms with van der Waals surface area (Å²) in [5.41, 5.74) is -0.0827. The summed E-state index contributed by atoms with van der Waals surface area (Å²) in [6.45, 7) is 1.50. The maximum absolute atomic E-state index is 10.4.